The number of nitrogens with zero attached hydrogens (tertiary/aromatic N) is 5. The third-order valence-electron chi connectivity index (χ3n) is 10.7. The Hall–Kier alpha value is -5.50. The lowest BCUT2D eigenvalue weighted by atomic mass is 9.80. The van der Waals surface area contributed by atoms with Crippen LogP contribution in [0, 0.1) is 17.2 Å². The van der Waals surface area contributed by atoms with Crippen LogP contribution in [0.1, 0.15) is 70.9 Å². The molecule has 0 bridgehead atoms. The maximum Gasteiger partial charge on any atom is 0.280 e. The first kappa shape index (κ1) is 48.0. The Morgan fingerprint density at radius 2 is 1.58 bits per heavy atom. The zero-order valence-electron chi connectivity index (χ0n) is 37.6. The quantitative estimate of drug-likeness (QED) is 0.0296. The summed E-state index contributed by atoms with van der Waals surface area (Å²) in [4.78, 5) is 37.9. The van der Waals surface area contributed by atoms with Crippen molar-refractivity contribution in [2.45, 2.75) is 90.2 Å². The van der Waals surface area contributed by atoms with Gasteiger partial charge in [-0.15, -0.1) is 6.58 Å². The van der Waals surface area contributed by atoms with E-state index in [9.17, 15) is 14.9 Å². The Morgan fingerprint density at radius 1 is 0.969 bits per heavy atom. The highest BCUT2D eigenvalue weighted by Gasteiger charge is 2.51. The first-order valence-corrected chi connectivity index (χ1v) is 22.4. The zero-order valence-corrected chi connectivity index (χ0v) is 38.5. The number of aromatic nitrogens is 4. The summed E-state index contributed by atoms with van der Waals surface area (Å²) in [6.45, 7) is 15.8. The topological polar surface area (TPSA) is 184 Å². The molecule has 1 unspecified atom stereocenters. The molecule has 1 aliphatic rings. The number of H-pyrrole nitrogens is 1. The lowest BCUT2D eigenvalue weighted by molar-refractivity contribution is -0.118. The fourth-order valence-corrected chi connectivity index (χ4v) is 9.43. The molecule has 0 aliphatic carbocycles. The number of anilines is 1. The summed E-state index contributed by atoms with van der Waals surface area (Å²) in [5.74, 6) is 0.602. The van der Waals surface area contributed by atoms with E-state index >= 15 is 0 Å². The maximum atomic E-state index is 13.4. The number of ether oxygens (including phenoxy) is 5. The van der Waals surface area contributed by atoms with Gasteiger partial charge in [0.2, 0.25) is 11.9 Å². The van der Waals surface area contributed by atoms with Crippen molar-refractivity contribution in [1.29, 1.82) is 5.26 Å². The van der Waals surface area contributed by atoms with Crippen LogP contribution in [0.3, 0.4) is 0 Å². The lowest BCUT2D eigenvalue weighted by Crippen LogP contribution is -2.43. The minimum Gasteiger partial charge on any atom is -0.497 e. The van der Waals surface area contributed by atoms with Crippen molar-refractivity contribution in [3.05, 3.63) is 125 Å². The third kappa shape index (κ3) is 10.5. The number of hydrogen-bond donors (Lipinski definition) is 2. The van der Waals surface area contributed by atoms with E-state index in [2.05, 4.69) is 65.3 Å². The minimum atomic E-state index is -1.84. The molecule has 0 saturated carbocycles. The zero-order chi connectivity index (χ0) is 46.0. The standard InChI is InChI=1S/C47H58N7O9P/c1-10-26-59-41-40(63-64(61-27-14-25-48)54(31(4)5)32(6)7)38(62-45(41)53-29-49-39-42(53)50-46(52-44(39)56)51-43(55)30(2)3)28-60-47(33-15-12-11-13-16-33,34-17-21-36(57-8)22-18-34)35-19-23-37(58-9)24-20-35/h10-13,15-24,29-32,38,40-41,45H,1,14,26-28H2,2-9H3,(H2,50,51,52,55,56)/t38-,40-,41-,45-,64?/m1/s1. The van der Waals surface area contributed by atoms with Crippen molar-refractivity contribution in [2.75, 3.05) is 39.4 Å². The molecule has 1 amide bonds. The highest BCUT2D eigenvalue weighted by Crippen LogP contribution is 2.51. The van der Waals surface area contributed by atoms with Crippen molar-refractivity contribution < 1.29 is 37.5 Å². The smallest absolute Gasteiger partial charge is 0.280 e. The van der Waals surface area contributed by atoms with Crippen LogP contribution in [-0.4, -0.2) is 94.5 Å². The van der Waals surface area contributed by atoms with Crippen LogP contribution in [0.25, 0.3) is 11.2 Å². The average Bonchev–Trinajstić information content (AvgIpc) is 3.87. The van der Waals surface area contributed by atoms with Gasteiger partial charge in [0.05, 0.1) is 52.9 Å². The molecule has 1 fully saturated rings. The molecule has 5 atom stereocenters. The normalized spacial score (nSPS) is 18.2. The van der Waals surface area contributed by atoms with Gasteiger partial charge in [-0.1, -0.05) is 74.5 Å². The van der Waals surface area contributed by atoms with E-state index in [4.69, 9.17) is 32.7 Å². The number of rotatable bonds is 22. The van der Waals surface area contributed by atoms with Gasteiger partial charge in [0.1, 0.15) is 35.4 Å². The SMILES string of the molecule is C=CCO[C@@H]1[C@H](OP(OCCC#N)N(C(C)C)C(C)C)[C@@H](COC(c2ccccc2)(c2ccc(OC)cc2)c2ccc(OC)cc2)O[C@H]1n1cnc2c(=O)[nH]c(NC(=O)C(C)C)nc21. The number of methoxy groups -OCH3 is 2. The van der Waals surface area contributed by atoms with E-state index in [0.717, 1.165) is 16.7 Å². The summed E-state index contributed by atoms with van der Waals surface area (Å²) in [7, 11) is 1.40. The Bertz CT molecular complexity index is 2350. The number of imidazole rings is 1. The second-order valence-corrected chi connectivity index (χ2v) is 17.4. The van der Waals surface area contributed by atoms with Crippen molar-refractivity contribution in [3.63, 3.8) is 0 Å². The number of nitriles is 1. The minimum absolute atomic E-state index is 0.0163. The number of fused-ring (bicyclic) bond motifs is 1. The van der Waals surface area contributed by atoms with Gasteiger partial charge in [-0.3, -0.25) is 24.5 Å². The van der Waals surface area contributed by atoms with Crippen LogP contribution in [0.4, 0.5) is 5.95 Å². The molecule has 17 heteroatoms. The summed E-state index contributed by atoms with van der Waals surface area (Å²) in [5.41, 5.74) is 0.856. The highest BCUT2D eigenvalue weighted by atomic mass is 31.2. The molecule has 1 aliphatic heterocycles. The largest absolute Gasteiger partial charge is 0.497 e. The van der Waals surface area contributed by atoms with Gasteiger partial charge in [0.15, 0.2) is 17.4 Å². The molecule has 64 heavy (non-hydrogen) atoms. The summed E-state index contributed by atoms with van der Waals surface area (Å²) < 4.78 is 49.5. The predicted octanol–water partition coefficient (Wildman–Crippen LogP) is 7.87. The molecule has 0 radical (unpaired) electrons. The maximum absolute atomic E-state index is 13.4. The number of aromatic amines is 1. The number of hydrogen-bond acceptors (Lipinski definition) is 13. The van der Waals surface area contributed by atoms with Crippen molar-refractivity contribution in [1.82, 2.24) is 24.2 Å². The van der Waals surface area contributed by atoms with Crippen LogP contribution in [0.2, 0.25) is 0 Å². The number of carbonyl (C=O) groups is 1. The van der Waals surface area contributed by atoms with E-state index in [-0.39, 0.29) is 67.3 Å². The first-order valence-electron chi connectivity index (χ1n) is 21.3. The van der Waals surface area contributed by atoms with Crippen molar-refractivity contribution in [2.24, 2.45) is 5.92 Å². The molecule has 3 aromatic carbocycles. The number of benzene rings is 3. The molecule has 2 N–H and O–H groups in total. The number of nitrogens with one attached hydrogen (secondary N) is 2. The Balaban J connectivity index is 1.53. The van der Waals surface area contributed by atoms with Gasteiger partial charge in [-0.2, -0.15) is 10.2 Å². The van der Waals surface area contributed by atoms with Crippen molar-refractivity contribution >= 4 is 31.5 Å². The summed E-state index contributed by atoms with van der Waals surface area (Å²) in [5, 5.41) is 12.2. The Kier molecular flexibility index (Phi) is 16.4. The summed E-state index contributed by atoms with van der Waals surface area (Å²) in [6.07, 6.45) is -0.414. The van der Waals surface area contributed by atoms with Gasteiger partial charge in [0, 0.05) is 18.0 Å². The van der Waals surface area contributed by atoms with Gasteiger partial charge < -0.3 is 32.7 Å². The van der Waals surface area contributed by atoms with E-state index in [1.54, 1.807) is 38.7 Å². The fraction of sp³-hybridized carbons (Fsp3) is 0.426. The summed E-state index contributed by atoms with van der Waals surface area (Å²) >= 11 is 0. The summed E-state index contributed by atoms with van der Waals surface area (Å²) in [6, 6.07) is 27.5. The molecule has 16 nitrogen and oxygen atoms in total. The van der Waals surface area contributed by atoms with Gasteiger partial charge in [0.25, 0.3) is 14.1 Å². The molecule has 3 heterocycles. The molecule has 0 spiro atoms. The molecule has 340 valence electrons. The van der Waals surface area contributed by atoms with Crippen LogP contribution < -0.4 is 20.3 Å². The number of amides is 1. The average molecular weight is 896 g/mol. The molecule has 6 rings (SSSR count). The molecule has 1 saturated heterocycles. The molecule has 5 aromatic rings. The van der Waals surface area contributed by atoms with E-state index in [1.165, 1.54) is 6.33 Å². The fourth-order valence-electron chi connectivity index (χ4n) is 7.66. The third-order valence-corrected chi connectivity index (χ3v) is 12.8. The van der Waals surface area contributed by atoms with E-state index in [0.29, 0.717) is 11.5 Å². The van der Waals surface area contributed by atoms with Gasteiger partial charge in [-0.25, -0.2) is 9.65 Å². The monoisotopic (exact) mass is 895 g/mol. The van der Waals surface area contributed by atoms with E-state index in [1.807, 2.05) is 78.9 Å². The predicted molar refractivity (Wildman–Crippen MR) is 244 cm³/mol. The first-order chi connectivity index (χ1) is 30.9. The van der Waals surface area contributed by atoms with Gasteiger partial charge in [-0.05, 0) is 68.7 Å². The van der Waals surface area contributed by atoms with Crippen molar-refractivity contribution in [3.8, 4) is 17.6 Å². The second-order valence-electron chi connectivity index (χ2n) is 16.0. The highest BCUT2D eigenvalue weighted by molar-refractivity contribution is 7.44. The van der Waals surface area contributed by atoms with Crippen LogP contribution in [-0.2, 0) is 33.7 Å². The Labute approximate surface area is 375 Å². The lowest BCUT2D eigenvalue weighted by Gasteiger charge is -2.39. The van der Waals surface area contributed by atoms with Gasteiger partial charge >= 0.3 is 0 Å². The molecule has 2 aromatic heterocycles. The van der Waals surface area contributed by atoms with Crippen LogP contribution >= 0.6 is 8.53 Å². The molecular weight excluding hydrogens is 838 g/mol. The van der Waals surface area contributed by atoms with Crippen LogP contribution in [0.5, 0.6) is 11.5 Å². The number of carbonyl (C=O) groups excluding carboxylic acids is 1. The van der Waals surface area contributed by atoms with Crippen LogP contribution in [0.15, 0.2) is 103 Å². The molecular formula is C47H58N7O9P. The Morgan fingerprint density at radius 3 is 2.12 bits per heavy atom. The second kappa shape index (κ2) is 21.9. The van der Waals surface area contributed by atoms with E-state index < -0.39 is 44.2 Å².